The summed E-state index contributed by atoms with van der Waals surface area (Å²) >= 11 is 3.55. The van der Waals surface area contributed by atoms with Crippen LogP contribution in [0.1, 0.15) is 16.7 Å². The number of ether oxygens (including phenoxy) is 1. The third-order valence-electron chi connectivity index (χ3n) is 3.23. The summed E-state index contributed by atoms with van der Waals surface area (Å²) < 4.78 is 6.94. The van der Waals surface area contributed by atoms with E-state index in [1.54, 1.807) is 0 Å². The van der Waals surface area contributed by atoms with Gasteiger partial charge in [0.15, 0.2) is 0 Å². The highest BCUT2D eigenvalue weighted by molar-refractivity contribution is 9.10. The van der Waals surface area contributed by atoms with E-state index >= 15 is 0 Å². The summed E-state index contributed by atoms with van der Waals surface area (Å²) in [7, 11) is 1.97. The Morgan fingerprint density at radius 2 is 1.85 bits per heavy atom. The predicted molar refractivity (Wildman–Crippen MR) is 87.3 cm³/mol. The molecule has 0 amide bonds. The smallest absolute Gasteiger partial charge is 0.134 e. The highest BCUT2D eigenvalue weighted by atomic mass is 79.9. The second kappa shape index (κ2) is 7.46. The van der Waals surface area contributed by atoms with Gasteiger partial charge in [0.25, 0.3) is 0 Å². The van der Waals surface area contributed by atoms with E-state index in [4.69, 9.17) is 4.74 Å². The number of nitrogens with one attached hydrogen (secondary N) is 1. The lowest BCUT2D eigenvalue weighted by molar-refractivity contribution is 0.303. The second-order valence-corrected chi connectivity index (χ2v) is 5.70. The van der Waals surface area contributed by atoms with Crippen molar-refractivity contribution in [1.82, 2.24) is 5.32 Å². The minimum atomic E-state index is 0.599. The molecule has 2 rings (SSSR count). The van der Waals surface area contributed by atoms with E-state index in [-0.39, 0.29) is 0 Å². The van der Waals surface area contributed by atoms with Gasteiger partial charge in [-0.1, -0.05) is 30.3 Å². The Morgan fingerprint density at radius 3 is 2.55 bits per heavy atom. The van der Waals surface area contributed by atoms with Crippen molar-refractivity contribution < 1.29 is 4.74 Å². The number of benzene rings is 2. The van der Waals surface area contributed by atoms with Gasteiger partial charge in [0.1, 0.15) is 12.4 Å². The van der Waals surface area contributed by atoms with Crippen LogP contribution in [0.2, 0.25) is 0 Å². The molecule has 2 aromatic rings. The number of aryl methyl sites for hydroxylation is 1. The van der Waals surface area contributed by atoms with Crippen molar-refractivity contribution in [1.29, 1.82) is 0 Å². The lowest BCUT2D eigenvalue weighted by Crippen LogP contribution is -2.12. The van der Waals surface area contributed by atoms with Crippen molar-refractivity contribution in [3.8, 4) is 5.75 Å². The summed E-state index contributed by atoms with van der Waals surface area (Å²) in [6.45, 7) is 3.65. The Bertz CT molecular complexity index is 569. The van der Waals surface area contributed by atoms with Gasteiger partial charge in [0.2, 0.25) is 0 Å². The molecule has 0 saturated carbocycles. The minimum absolute atomic E-state index is 0.599. The third kappa shape index (κ3) is 4.09. The van der Waals surface area contributed by atoms with E-state index in [1.165, 1.54) is 16.7 Å². The molecule has 3 heteroatoms. The standard InChI is InChI=1S/C17H20BrNO/c1-13-7-8-17(16(18)11-13)20-12-15-6-4-3-5-14(15)9-10-19-2/h3-8,11,19H,9-10,12H2,1-2H3. The highest BCUT2D eigenvalue weighted by Crippen LogP contribution is 2.26. The van der Waals surface area contributed by atoms with Crippen LogP contribution in [0, 0.1) is 6.92 Å². The summed E-state index contributed by atoms with van der Waals surface area (Å²) in [5.41, 5.74) is 3.80. The average Bonchev–Trinajstić information content (AvgIpc) is 2.45. The monoisotopic (exact) mass is 333 g/mol. The first kappa shape index (κ1) is 15.1. The fourth-order valence-electron chi connectivity index (χ4n) is 2.08. The van der Waals surface area contributed by atoms with Crippen LogP contribution in [0.3, 0.4) is 0 Å². The topological polar surface area (TPSA) is 21.3 Å². The zero-order valence-corrected chi connectivity index (χ0v) is 13.5. The molecule has 0 aromatic heterocycles. The number of hydrogen-bond acceptors (Lipinski definition) is 2. The van der Waals surface area contributed by atoms with Crippen molar-refractivity contribution in [3.05, 3.63) is 63.6 Å². The Kier molecular flexibility index (Phi) is 5.62. The molecule has 2 nitrogen and oxygen atoms in total. The van der Waals surface area contributed by atoms with Crippen LogP contribution in [-0.2, 0) is 13.0 Å². The molecule has 0 saturated heterocycles. The van der Waals surface area contributed by atoms with Gasteiger partial charge in [-0.15, -0.1) is 0 Å². The predicted octanol–water partition coefficient (Wildman–Crippen LogP) is 4.10. The molecule has 20 heavy (non-hydrogen) atoms. The van der Waals surface area contributed by atoms with Gasteiger partial charge in [-0.05, 0) is 71.7 Å². The van der Waals surface area contributed by atoms with E-state index < -0.39 is 0 Å². The Hall–Kier alpha value is -1.32. The van der Waals surface area contributed by atoms with Crippen molar-refractivity contribution in [2.45, 2.75) is 20.0 Å². The van der Waals surface area contributed by atoms with E-state index in [2.05, 4.69) is 64.6 Å². The van der Waals surface area contributed by atoms with Gasteiger partial charge in [0.05, 0.1) is 4.47 Å². The largest absolute Gasteiger partial charge is 0.488 e. The van der Waals surface area contributed by atoms with Crippen molar-refractivity contribution in [2.75, 3.05) is 13.6 Å². The first-order chi connectivity index (χ1) is 9.70. The highest BCUT2D eigenvalue weighted by Gasteiger charge is 2.05. The van der Waals surface area contributed by atoms with Crippen LogP contribution >= 0.6 is 15.9 Å². The Labute approximate surface area is 129 Å². The fourth-order valence-corrected chi connectivity index (χ4v) is 2.69. The van der Waals surface area contributed by atoms with E-state index in [0.29, 0.717) is 6.61 Å². The molecule has 0 atom stereocenters. The molecule has 0 bridgehead atoms. The maximum atomic E-state index is 5.93. The van der Waals surface area contributed by atoms with Crippen molar-refractivity contribution in [2.24, 2.45) is 0 Å². The second-order valence-electron chi connectivity index (χ2n) is 4.84. The fraction of sp³-hybridized carbons (Fsp3) is 0.294. The first-order valence-corrected chi connectivity index (χ1v) is 7.60. The molecule has 2 aromatic carbocycles. The lowest BCUT2D eigenvalue weighted by atomic mass is 10.1. The average molecular weight is 334 g/mol. The molecule has 1 N–H and O–H groups in total. The molecule has 0 aliphatic heterocycles. The Balaban J connectivity index is 2.06. The number of hydrogen-bond donors (Lipinski definition) is 1. The zero-order chi connectivity index (χ0) is 14.4. The number of rotatable bonds is 6. The van der Waals surface area contributed by atoms with Gasteiger partial charge in [-0.25, -0.2) is 0 Å². The van der Waals surface area contributed by atoms with E-state index in [0.717, 1.165) is 23.2 Å². The maximum Gasteiger partial charge on any atom is 0.134 e. The van der Waals surface area contributed by atoms with Gasteiger partial charge < -0.3 is 10.1 Å². The molecule has 0 heterocycles. The molecule has 0 unspecified atom stereocenters. The third-order valence-corrected chi connectivity index (χ3v) is 3.85. The quantitative estimate of drug-likeness (QED) is 0.859. The molecular formula is C17H20BrNO. The van der Waals surface area contributed by atoms with Crippen molar-refractivity contribution in [3.63, 3.8) is 0 Å². The van der Waals surface area contributed by atoms with Crippen LogP contribution in [0.4, 0.5) is 0 Å². The molecule has 0 spiro atoms. The van der Waals surface area contributed by atoms with Gasteiger partial charge in [-0.2, -0.15) is 0 Å². The molecule has 106 valence electrons. The Morgan fingerprint density at radius 1 is 1.10 bits per heavy atom. The van der Waals surface area contributed by atoms with E-state index in [9.17, 15) is 0 Å². The zero-order valence-electron chi connectivity index (χ0n) is 11.9. The van der Waals surface area contributed by atoms with Crippen LogP contribution in [0.25, 0.3) is 0 Å². The molecular weight excluding hydrogens is 314 g/mol. The summed E-state index contributed by atoms with van der Waals surface area (Å²) in [6.07, 6.45) is 1.02. The first-order valence-electron chi connectivity index (χ1n) is 6.81. The number of halogens is 1. The van der Waals surface area contributed by atoms with Gasteiger partial charge >= 0.3 is 0 Å². The number of likely N-dealkylation sites (N-methyl/N-ethyl adjacent to an activating group) is 1. The van der Waals surface area contributed by atoms with Crippen LogP contribution < -0.4 is 10.1 Å². The molecule has 0 radical (unpaired) electrons. The molecule has 0 aliphatic carbocycles. The van der Waals surface area contributed by atoms with Crippen molar-refractivity contribution >= 4 is 15.9 Å². The summed E-state index contributed by atoms with van der Waals surface area (Å²) in [6, 6.07) is 14.6. The summed E-state index contributed by atoms with van der Waals surface area (Å²) in [5.74, 6) is 0.888. The van der Waals surface area contributed by atoms with E-state index in [1.807, 2.05) is 13.1 Å². The molecule has 0 fully saturated rings. The summed E-state index contributed by atoms with van der Waals surface area (Å²) in [5, 5.41) is 3.18. The molecule has 0 aliphatic rings. The summed E-state index contributed by atoms with van der Waals surface area (Å²) in [4.78, 5) is 0. The minimum Gasteiger partial charge on any atom is -0.488 e. The van der Waals surface area contributed by atoms with Crippen LogP contribution in [0.15, 0.2) is 46.9 Å². The van der Waals surface area contributed by atoms with Crippen LogP contribution in [-0.4, -0.2) is 13.6 Å². The van der Waals surface area contributed by atoms with Gasteiger partial charge in [-0.3, -0.25) is 0 Å². The lowest BCUT2D eigenvalue weighted by Gasteiger charge is -2.12. The van der Waals surface area contributed by atoms with Gasteiger partial charge in [0, 0.05) is 0 Å². The normalized spacial score (nSPS) is 10.6. The maximum absolute atomic E-state index is 5.93. The van der Waals surface area contributed by atoms with Crippen LogP contribution in [0.5, 0.6) is 5.75 Å². The SMILES string of the molecule is CNCCc1ccccc1COc1ccc(C)cc1Br.